The molecule has 31 heavy (non-hydrogen) atoms. The molecule has 0 saturated carbocycles. The molecule has 4 rings (SSSR count). The number of pyridine rings is 1. The number of amides is 3. The number of carbonyl (C=O) groups excluding carboxylic acids is 2. The lowest BCUT2D eigenvalue weighted by Gasteiger charge is -2.23. The number of rotatable bonds is 4. The van der Waals surface area contributed by atoms with Gasteiger partial charge in [-0.2, -0.15) is 13.2 Å². The van der Waals surface area contributed by atoms with Gasteiger partial charge in [0.05, 0.1) is 11.2 Å². The minimum Gasteiger partial charge on any atom is -0.323 e. The van der Waals surface area contributed by atoms with E-state index in [4.69, 9.17) is 0 Å². The first kappa shape index (κ1) is 21.2. The molecule has 160 valence electrons. The second kappa shape index (κ2) is 7.56. The Morgan fingerprint density at radius 3 is 2.45 bits per heavy atom. The number of halogens is 3. The van der Waals surface area contributed by atoms with E-state index in [1.165, 1.54) is 24.3 Å². The number of aryl methyl sites for hydroxylation is 1. The Morgan fingerprint density at radius 1 is 1.10 bits per heavy atom. The number of hydrogen-bond donors (Lipinski definition) is 1. The van der Waals surface area contributed by atoms with Gasteiger partial charge in [-0.15, -0.1) is 0 Å². The number of nitrogens with zero attached hydrogens (tertiary/aromatic N) is 2. The van der Waals surface area contributed by atoms with E-state index in [0.717, 1.165) is 26.9 Å². The van der Waals surface area contributed by atoms with Crippen LogP contribution in [0.1, 0.15) is 18.1 Å². The predicted molar refractivity (Wildman–Crippen MR) is 113 cm³/mol. The molecule has 1 aromatic heterocycles. The molecule has 1 N–H and O–H groups in total. The number of aromatic nitrogens is 1. The minimum absolute atomic E-state index is 0.0232. The van der Waals surface area contributed by atoms with Crippen molar-refractivity contribution in [3.8, 4) is 0 Å². The van der Waals surface area contributed by atoms with Crippen molar-refractivity contribution in [3.63, 3.8) is 0 Å². The second-order valence-corrected chi connectivity index (χ2v) is 8.70. The van der Waals surface area contributed by atoms with E-state index in [9.17, 15) is 22.8 Å². The molecule has 2 aromatic carbocycles. The first-order valence-corrected chi connectivity index (χ1v) is 10.2. The molecule has 1 aliphatic rings. The van der Waals surface area contributed by atoms with Gasteiger partial charge in [0.2, 0.25) is 0 Å². The smallest absolute Gasteiger partial charge is 0.323 e. The minimum atomic E-state index is -4.41. The molecular formula is C22H18F3N3O2S. The fourth-order valence-electron chi connectivity index (χ4n) is 3.72. The average molecular weight is 445 g/mol. The van der Waals surface area contributed by atoms with Gasteiger partial charge in [-0.25, -0.2) is 9.69 Å². The largest absolute Gasteiger partial charge is 0.446 e. The van der Waals surface area contributed by atoms with Crippen LogP contribution in [0, 0.1) is 6.92 Å². The van der Waals surface area contributed by atoms with E-state index in [0.29, 0.717) is 0 Å². The molecule has 1 unspecified atom stereocenters. The fraction of sp³-hybridized carbons (Fsp3) is 0.227. The van der Waals surface area contributed by atoms with Crippen molar-refractivity contribution in [1.82, 2.24) is 10.3 Å². The third-order valence-corrected chi connectivity index (χ3v) is 5.96. The molecule has 0 aliphatic carbocycles. The number of fused-ring (bicyclic) bond motifs is 1. The van der Waals surface area contributed by atoms with Gasteiger partial charge in [0, 0.05) is 22.9 Å². The molecule has 1 aliphatic heterocycles. The summed E-state index contributed by atoms with van der Waals surface area (Å²) in [7, 11) is 0. The third-order valence-electron chi connectivity index (χ3n) is 5.22. The van der Waals surface area contributed by atoms with Crippen LogP contribution in [-0.2, 0) is 11.2 Å². The van der Waals surface area contributed by atoms with Crippen molar-refractivity contribution in [2.24, 2.45) is 0 Å². The van der Waals surface area contributed by atoms with Crippen molar-refractivity contribution in [1.29, 1.82) is 0 Å². The Kier molecular flexibility index (Phi) is 5.17. The summed E-state index contributed by atoms with van der Waals surface area (Å²) in [5.41, 5.74) is -2.81. The van der Waals surface area contributed by atoms with Crippen molar-refractivity contribution < 1.29 is 22.8 Å². The van der Waals surface area contributed by atoms with E-state index in [-0.39, 0.29) is 28.8 Å². The Balaban J connectivity index is 1.63. The second-order valence-electron chi connectivity index (χ2n) is 7.56. The van der Waals surface area contributed by atoms with Gasteiger partial charge in [-0.1, -0.05) is 18.2 Å². The van der Waals surface area contributed by atoms with Gasteiger partial charge >= 0.3 is 11.5 Å². The van der Waals surface area contributed by atoms with Gasteiger partial charge in [0.15, 0.2) is 0 Å². The Hall–Kier alpha value is -3.07. The molecule has 9 heteroatoms. The molecule has 0 radical (unpaired) electrons. The first-order chi connectivity index (χ1) is 14.6. The van der Waals surface area contributed by atoms with E-state index in [1.807, 2.05) is 31.2 Å². The number of nitrogens with one attached hydrogen (secondary N) is 1. The lowest BCUT2D eigenvalue weighted by atomic mass is 9.89. The van der Waals surface area contributed by atoms with Gasteiger partial charge in [-0.05, 0) is 67.1 Å². The van der Waals surface area contributed by atoms with Crippen LogP contribution in [0.15, 0.2) is 59.6 Å². The van der Waals surface area contributed by atoms with Crippen LogP contribution in [0.4, 0.5) is 23.7 Å². The molecule has 3 aromatic rings. The lowest BCUT2D eigenvalue weighted by molar-refractivity contribution is -0.121. The summed E-state index contributed by atoms with van der Waals surface area (Å²) in [6, 6.07) is 12.1. The molecule has 3 amide bonds. The van der Waals surface area contributed by atoms with Gasteiger partial charge in [0.1, 0.15) is 5.54 Å². The monoisotopic (exact) mass is 445 g/mol. The summed E-state index contributed by atoms with van der Waals surface area (Å²) in [5.74, 6) is -0.464. The molecule has 0 bridgehead atoms. The standard InChI is InChI=1S/C22H18F3N3O2S/c1-13-12-26-18-6-4-3-5-16(18)17(13)11-21(2)19(29)28(20(30)27-21)14-7-9-15(10-8-14)31-22(23,24)25/h3-10,12H,11H2,1-2H3,(H,27,30). The zero-order chi connectivity index (χ0) is 22.4. The molecule has 1 fully saturated rings. The molecule has 2 heterocycles. The van der Waals surface area contributed by atoms with Crippen LogP contribution in [0.5, 0.6) is 0 Å². The number of benzene rings is 2. The van der Waals surface area contributed by atoms with Crippen LogP contribution < -0.4 is 10.2 Å². The zero-order valence-corrected chi connectivity index (χ0v) is 17.5. The van der Waals surface area contributed by atoms with Crippen LogP contribution in [0.25, 0.3) is 10.9 Å². The molecular weight excluding hydrogens is 427 g/mol. The molecule has 1 saturated heterocycles. The summed E-state index contributed by atoms with van der Waals surface area (Å²) < 4.78 is 37.6. The normalized spacial score (nSPS) is 19.2. The highest BCUT2D eigenvalue weighted by atomic mass is 32.2. The zero-order valence-electron chi connectivity index (χ0n) is 16.7. The van der Waals surface area contributed by atoms with Gasteiger partial charge in [0.25, 0.3) is 5.91 Å². The highest BCUT2D eigenvalue weighted by molar-refractivity contribution is 8.00. The summed E-state index contributed by atoms with van der Waals surface area (Å²) in [4.78, 5) is 31.2. The van der Waals surface area contributed by atoms with Crippen LogP contribution in [-0.4, -0.2) is 28.0 Å². The van der Waals surface area contributed by atoms with Gasteiger partial charge in [-0.3, -0.25) is 9.78 Å². The number of para-hydroxylation sites is 1. The summed E-state index contributed by atoms with van der Waals surface area (Å²) in [6.07, 6.45) is 1.99. The maximum absolute atomic E-state index is 13.2. The maximum Gasteiger partial charge on any atom is 0.446 e. The predicted octanol–water partition coefficient (Wildman–Crippen LogP) is 5.21. The van der Waals surface area contributed by atoms with E-state index in [1.54, 1.807) is 13.1 Å². The van der Waals surface area contributed by atoms with Crippen LogP contribution in [0.2, 0.25) is 0 Å². The summed E-state index contributed by atoms with van der Waals surface area (Å²) >= 11 is -0.252. The summed E-state index contributed by atoms with van der Waals surface area (Å²) in [5, 5.41) is 3.65. The van der Waals surface area contributed by atoms with Crippen molar-refractivity contribution in [3.05, 3.63) is 65.9 Å². The number of alkyl halides is 3. The average Bonchev–Trinajstić information content (AvgIpc) is 2.92. The summed E-state index contributed by atoms with van der Waals surface area (Å²) in [6.45, 7) is 3.55. The van der Waals surface area contributed by atoms with Crippen molar-refractivity contribution in [2.75, 3.05) is 4.90 Å². The highest BCUT2D eigenvalue weighted by Crippen LogP contribution is 2.38. The Bertz CT molecular complexity index is 1180. The molecule has 0 spiro atoms. The topological polar surface area (TPSA) is 62.3 Å². The van der Waals surface area contributed by atoms with E-state index >= 15 is 0 Å². The Labute approximate surface area is 180 Å². The number of anilines is 1. The van der Waals surface area contributed by atoms with Crippen molar-refractivity contribution >= 4 is 40.3 Å². The Morgan fingerprint density at radius 2 is 1.77 bits per heavy atom. The molecule has 1 atom stereocenters. The third kappa shape index (κ3) is 4.10. The SMILES string of the molecule is Cc1cnc2ccccc2c1CC1(C)NC(=O)N(c2ccc(SC(F)(F)F)cc2)C1=O. The van der Waals surface area contributed by atoms with Crippen LogP contribution in [0.3, 0.4) is 0 Å². The van der Waals surface area contributed by atoms with Crippen molar-refractivity contribution in [2.45, 2.75) is 36.2 Å². The van der Waals surface area contributed by atoms with Crippen LogP contribution >= 0.6 is 11.8 Å². The number of hydrogen-bond acceptors (Lipinski definition) is 4. The molecule has 5 nitrogen and oxygen atoms in total. The fourth-order valence-corrected chi connectivity index (χ4v) is 4.26. The van der Waals surface area contributed by atoms with Gasteiger partial charge < -0.3 is 5.32 Å². The quantitative estimate of drug-likeness (QED) is 0.442. The number of imide groups is 1. The number of urea groups is 1. The van der Waals surface area contributed by atoms with E-state index < -0.39 is 23.0 Å². The first-order valence-electron chi connectivity index (χ1n) is 9.43. The maximum atomic E-state index is 13.2. The van der Waals surface area contributed by atoms with E-state index in [2.05, 4.69) is 10.3 Å². The highest BCUT2D eigenvalue weighted by Gasteiger charge is 2.48. The lowest BCUT2D eigenvalue weighted by Crippen LogP contribution is -2.46. The number of carbonyl (C=O) groups is 2. The number of thioether (sulfide) groups is 1.